The number of aldehydes is 1. The van der Waals surface area contributed by atoms with Crippen molar-refractivity contribution in [2.24, 2.45) is 0 Å². The number of allylic oxidation sites excluding steroid dienone is 2. The fraction of sp³-hybridized carbons (Fsp3) is 0.182. The first-order valence-electron chi connectivity index (χ1n) is 8.46. The summed E-state index contributed by atoms with van der Waals surface area (Å²) in [6.07, 6.45) is 0.872. The van der Waals surface area contributed by atoms with Crippen LogP contribution < -0.4 is 4.74 Å². The molecule has 0 radical (unpaired) electrons. The summed E-state index contributed by atoms with van der Waals surface area (Å²) in [4.78, 5) is 15.4. The molecule has 0 aliphatic rings. The van der Waals surface area contributed by atoms with E-state index in [-0.39, 0.29) is 0 Å². The Morgan fingerprint density at radius 2 is 1.77 bits per heavy atom. The van der Waals surface area contributed by atoms with Gasteiger partial charge in [-0.1, -0.05) is 30.3 Å². The summed E-state index contributed by atoms with van der Waals surface area (Å²) in [6, 6.07) is 17.5. The topological polar surface area (TPSA) is 52.3 Å². The molecule has 0 bridgehead atoms. The van der Waals surface area contributed by atoms with Gasteiger partial charge < -0.3 is 9.15 Å². The zero-order valence-electron chi connectivity index (χ0n) is 15.2. The van der Waals surface area contributed by atoms with E-state index < -0.39 is 0 Å². The van der Waals surface area contributed by atoms with Crippen molar-refractivity contribution in [3.05, 3.63) is 77.2 Å². The van der Waals surface area contributed by atoms with Gasteiger partial charge in [0.25, 0.3) is 0 Å². The van der Waals surface area contributed by atoms with Crippen molar-refractivity contribution in [3.63, 3.8) is 0 Å². The highest BCUT2D eigenvalue weighted by molar-refractivity contribution is 5.86. The van der Waals surface area contributed by atoms with Crippen LogP contribution in [-0.4, -0.2) is 11.3 Å². The second-order valence-electron chi connectivity index (χ2n) is 6.13. The summed E-state index contributed by atoms with van der Waals surface area (Å²) in [6.45, 7) is 5.97. The molecule has 0 atom stereocenters. The number of rotatable bonds is 6. The van der Waals surface area contributed by atoms with E-state index in [1.165, 1.54) is 0 Å². The third-order valence-corrected chi connectivity index (χ3v) is 4.34. The monoisotopic (exact) mass is 347 g/mol. The Bertz CT molecular complexity index is 922. The van der Waals surface area contributed by atoms with Gasteiger partial charge in [0.15, 0.2) is 0 Å². The summed E-state index contributed by atoms with van der Waals surface area (Å²) in [5.41, 5.74) is 4.42. The number of oxazole rings is 1. The molecule has 0 fully saturated rings. The van der Waals surface area contributed by atoms with Gasteiger partial charge in [-0.3, -0.25) is 4.79 Å². The highest BCUT2D eigenvalue weighted by atomic mass is 16.5. The van der Waals surface area contributed by atoms with Gasteiger partial charge in [0.05, 0.1) is 0 Å². The molecule has 1 aromatic heterocycles. The lowest BCUT2D eigenvalue weighted by Gasteiger charge is -2.07. The standard InChI is InChI=1S/C22H21NO3/c1-15(13-24)16(2)18-9-11-20(12-10-18)25-14-21-17(3)26-22(23-21)19-7-5-4-6-8-19/h4-13H,14H2,1-3H3/b16-15+. The highest BCUT2D eigenvalue weighted by Crippen LogP contribution is 2.24. The molecule has 4 nitrogen and oxygen atoms in total. The molecule has 132 valence electrons. The van der Waals surface area contributed by atoms with Gasteiger partial charge in [-0.25, -0.2) is 4.98 Å². The largest absolute Gasteiger partial charge is 0.487 e. The molecule has 0 N–H and O–H groups in total. The number of nitrogens with zero attached hydrogens (tertiary/aromatic N) is 1. The molecular weight excluding hydrogens is 326 g/mol. The normalized spacial score (nSPS) is 11.8. The Hall–Kier alpha value is -3.14. The Morgan fingerprint density at radius 1 is 1.08 bits per heavy atom. The van der Waals surface area contributed by atoms with Crippen LogP contribution in [0.3, 0.4) is 0 Å². The number of hydrogen-bond acceptors (Lipinski definition) is 4. The number of hydrogen-bond donors (Lipinski definition) is 0. The van der Waals surface area contributed by atoms with Crippen LogP contribution in [0, 0.1) is 6.92 Å². The summed E-state index contributed by atoms with van der Waals surface area (Å²) in [5.74, 6) is 2.09. The lowest BCUT2D eigenvalue weighted by molar-refractivity contribution is -0.104. The van der Waals surface area contributed by atoms with Crippen LogP contribution in [0.1, 0.15) is 30.9 Å². The molecule has 0 amide bonds. The van der Waals surface area contributed by atoms with E-state index in [0.29, 0.717) is 12.5 Å². The van der Waals surface area contributed by atoms with Crippen LogP contribution >= 0.6 is 0 Å². The quantitative estimate of drug-likeness (QED) is 0.453. The van der Waals surface area contributed by atoms with Crippen molar-refractivity contribution in [3.8, 4) is 17.2 Å². The molecule has 0 unspecified atom stereocenters. The third-order valence-electron chi connectivity index (χ3n) is 4.34. The van der Waals surface area contributed by atoms with Gasteiger partial charge in [0, 0.05) is 5.56 Å². The summed E-state index contributed by atoms with van der Waals surface area (Å²) in [7, 11) is 0. The fourth-order valence-corrected chi connectivity index (χ4v) is 2.54. The number of carbonyl (C=O) groups is 1. The summed E-state index contributed by atoms with van der Waals surface area (Å²) < 4.78 is 11.6. The van der Waals surface area contributed by atoms with E-state index in [4.69, 9.17) is 9.15 Å². The minimum atomic E-state index is 0.337. The van der Waals surface area contributed by atoms with E-state index >= 15 is 0 Å². The molecular formula is C22H21NO3. The average Bonchev–Trinajstić information content (AvgIpc) is 3.07. The number of ether oxygens (including phenoxy) is 1. The molecule has 0 saturated heterocycles. The van der Waals surface area contributed by atoms with Crippen molar-refractivity contribution in [1.82, 2.24) is 4.98 Å². The van der Waals surface area contributed by atoms with Gasteiger partial charge in [0.2, 0.25) is 5.89 Å². The maximum absolute atomic E-state index is 10.9. The predicted molar refractivity (Wildman–Crippen MR) is 102 cm³/mol. The smallest absolute Gasteiger partial charge is 0.226 e. The van der Waals surface area contributed by atoms with E-state index in [1.807, 2.05) is 75.4 Å². The first kappa shape index (κ1) is 17.7. The Balaban J connectivity index is 1.70. The zero-order valence-corrected chi connectivity index (χ0v) is 15.2. The predicted octanol–water partition coefficient (Wildman–Crippen LogP) is 5.22. The number of carbonyl (C=O) groups excluding carboxylic acids is 1. The maximum Gasteiger partial charge on any atom is 0.226 e. The molecule has 1 heterocycles. The van der Waals surface area contributed by atoms with Gasteiger partial charge >= 0.3 is 0 Å². The summed E-state index contributed by atoms with van der Waals surface area (Å²) in [5, 5.41) is 0. The Labute approximate surface area is 153 Å². The van der Waals surface area contributed by atoms with E-state index in [0.717, 1.165) is 45.8 Å². The molecule has 3 rings (SSSR count). The van der Waals surface area contributed by atoms with Crippen LogP contribution in [-0.2, 0) is 11.4 Å². The van der Waals surface area contributed by atoms with E-state index in [9.17, 15) is 4.79 Å². The van der Waals surface area contributed by atoms with Crippen LogP contribution in [0.4, 0.5) is 0 Å². The zero-order chi connectivity index (χ0) is 18.5. The molecule has 26 heavy (non-hydrogen) atoms. The second kappa shape index (κ2) is 7.83. The molecule has 0 aliphatic carbocycles. The molecule has 2 aromatic carbocycles. The van der Waals surface area contributed by atoms with Gasteiger partial charge in [0.1, 0.15) is 30.1 Å². The van der Waals surface area contributed by atoms with Crippen LogP contribution in [0.25, 0.3) is 17.0 Å². The van der Waals surface area contributed by atoms with Gasteiger partial charge in [-0.2, -0.15) is 0 Å². The maximum atomic E-state index is 10.9. The first-order chi connectivity index (χ1) is 12.6. The van der Waals surface area contributed by atoms with Crippen LogP contribution in [0.15, 0.2) is 64.6 Å². The number of aryl methyl sites for hydroxylation is 1. The van der Waals surface area contributed by atoms with Crippen molar-refractivity contribution in [2.75, 3.05) is 0 Å². The Morgan fingerprint density at radius 3 is 2.42 bits per heavy atom. The van der Waals surface area contributed by atoms with Crippen molar-refractivity contribution in [2.45, 2.75) is 27.4 Å². The Kier molecular flexibility index (Phi) is 5.32. The van der Waals surface area contributed by atoms with E-state index in [1.54, 1.807) is 0 Å². The minimum absolute atomic E-state index is 0.337. The van der Waals surface area contributed by atoms with Crippen molar-refractivity contribution in [1.29, 1.82) is 0 Å². The van der Waals surface area contributed by atoms with Crippen LogP contribution in [0.2, 0.25) is 0 Å². The number of benzene rings is 2. The minimum Gasteiger partial charge on any atom is -0.487 e. The summed E-state index contributed by atoms with van der Waals surface area (Å²) >= 11 is 0. The third kappa shape index (κ3) is 3.91. The second-order valence-corrected chi connectivity index (χ2v) is 6.13. The van der Waals surface area contributed by atoms with E-state index in [2.05, 4.69) is 4.98 Å². The molecule has 3 aromatic rings. The molecule has 0 aliphatic heterocycles. The number of aromatic nitrogens is 1. The van der Waals surface area contributed by atoms with Crippen molar-refractivity contribution >= 4 is 11.9 Å². The SMILES string of the molecule is C/C(C=O)=C(/C)c1ccc(OCc2nc(-c3ccccc3)oc2C)cc1. The average molecular weight is 347 g/mol. The highest BCUT2D eigenvalue weighted by Gasteiger charge is 2.12. The fourth-order valence-electron chi connectivity index (χ4n) is 2.54. The molecule has 0 spiro atoms. The first-order valence-corrected chi connectivity index (χ1v) is 8.46. The van der Waals surface area contributed by atoms with Gasteiger partial charge in [-0.15, -0.1) is 0 Å². The lowest BCUT2D eigenvalue weighted by Crippen LogP contribution is -1.98. The molecule has 4 heteroatoms. The molecule has 0 saturated carbocycles. The van der Waals surface area contributed by atoms with Crippen molar-refractivity contribution < 1.29 is 13.9 Å². The van der Waals surface area contributed by atoms with Gasteiger partial charge in [-0.05, 0) is 61.7 Å². The van der Waals surface area contributed by atoms with Crippen LogP contribution in [0.5, 0.6) is 5.75 Å². The lowest BCUT2D eigenvalue weighted by atomic mass is 10.0.